The van der Waals surface area contributed by atoms with Crippen molar-refractivity contribution in [2.75, 3.05) is 4.31 Å². The smallest absolute Gasteiger partial charge is 0.353 e. The minimum absolute atomic E-state index is 0.0656. The zero-order valence-corrected chi connectivity index (χ0v) is 24.3. The lowest BCUT2D eigenvalue weighted by Gasteiger charge is -2.39. The van der Waals surface area contributed by atoms with Crippen molar-refractivity contribution < 1.29 is 46.3 Å². The molecule has 1 N–H and O–H groups in total. The first kappa shape index (κ1) is 32.4. The van der Waals surface area contributed by atoms with E-state index in [4.69, 9.17) is 0 Å². The van der Waals surface area contributed by atoms with Crippen LogP contribution in [0.2, 0.25) is 0 Å². The first-order chi connectivity index (χ1) is 21.0. The van der Waals surface area contributed by atoms with E-state index >= 15 is 0 Å². The predicted molar refractivity (Wildman–Crippen MR) is 152 cm³/mol. The Kier molecular flexibility index (Phi) is 8.56. The molecule has 1 saturated carbocycles. The maximum Gasteiger partial charge on any atom is 0.353 e. The van der Waals surface area contributed by atoms with E-state index in [-0.39, 0.29) is 21.5 Å². The first-order valence-corrected chi connectivity index (χ1v) is 15.5. The average Bonchev–Trinajstić information content (AvgIpc) is 3.48. The molecule has 1 aliphatic rings. The minimum atomic E-state index is -5.29. The number of hydrogen-bond donors (Lipinski definition) is 1. The third-order valence-corrected chi connectivity index (χ3v) is 10.6. The third kappa shape index (κ3) is 5.87. The molecule has 0 unspecified atom stereocenters. The number of carboxylic acids is 1. The fourth-order valence-corrected chi connectivity index (χ4v) is 7.94. The highest BCUT2D eigenvalue weighted by Gasteiger charge is 2.57. The van der Waals surface area contributed by atoms with E-state index < -0.39 is 97.7 Å². The second-order valence-electron chi connectivity index (χ2n) is 9.64. The number of amides is 2. The summed E-state index contributed by atoms with van der Waals surface area (Å²) in [5.41, 5.74) is -4.74. The van der Waals surface area contributed by atoms with E-state index in [1.54, 1.807) is 0 Å². The average molecular weight is 664 g/mol. The molecule has 0 aliphatic heterocycles. The van der Waals surface area contributed by atoms with Crippen LogP contribution in [0.1, 0.15) is 25.7 Å². The molecule has 18 nitrogen and oxygen atoms in total. The van der Waals surface area contributed by atoms with Gasteiger partial charge in [0.05, 0.1) is 30.2 Å². The summed E-state index contributed by atoms with van der Waals surface area (Å²) < 4.78 is 56.1. The van der Waals surface area contributed by atoms with Crippen LogP contribution in [0.5, 0.6) is 0 Å². The molecule has 0 radical (unpaired) electrons. The van der Waals surface area contributed by atoms with Crippen molar-refractivity contribution in [3.05, 3.63) is 103 Å². The molecule has 0 spiro atoms. The number of non-ortho nitro benzene ring substituents is 3. The number of carbonyl (C=O) groups is 2. The summed E-state index contributed by atoms with van der Waals surface area (Å²) in [5.74, 6) is -1.78. The molecule has 1 fully saturated rings. The van der Waals surface area contributed by atoms with Crippen molar-refractivity contribution in [2.45, 2.75) is 41.0 Å². The van der Waals surface area contributed by atoms with Gasteiger partial charge in [-0.2, -0.15) is 8.61 Å². The van der Waals surface area contributed by atoms with Crippen LogP contribution in [0.3, 0.4) is 0 Å². The van der Waals surface area contributed by atoms with Gasteiger partial charge >= 0.3 is 12.0 Å². The molecule has 0 atom stereocenters. The molecule has 3 aromatic carbocycles. The molecule has 4 rings (SSSR count). The second kappa shape index (κ2) is 11.9. The minimum Gasteiger partial charge on any atom is -0.479 e. The van der Waals surface area contributed by atoms with Crippen LogP contribution >= 0.6 is 0 Å². The molecule has 1 aliphatic carbocycles. The number of benzene rings is 3. The van der Waals surface area contributed by atoms with Crippen LogP contribution in [0.15, 0.2) is 82.6 Å². The highest BCUT2D eigenvalue weighted by Crippen LogP contribution is 2.41. The molecular weight excluding hydrogens is 642 g/mol. The van der Waals surface area contributed by atoms with Crippen molar-refractivity contribution in [1.29, 1.82) is 0 Å². The lowest BCUT2D eigenvalue weighted by molar-refractivity contribution is -0.385. The summed E-state index contributed by atoms with van der Waals surface area (Å²) >= 11 is 0. The quantitative estimate of drug-likeness (QED) is 0.239. The number of carbonyl (C=O) groups excluding carboxylic acids is 1. The number of urea groups is 1. The van der Waals surface area contributed by atoms with Gasteiger partial charge in [-0.25, -0.2) is 26.4 Å². The summed E-state index contributed by atoms with van der Waals surface area (Å²) in [7, 11) is -10.5. The normalized spacial score (nSPS) is 14.3. The number of carboxylic acid groups (broad SMARTS) is 1. The van der Waals surface area contributed by atoms with E-state index in [1.165, 1.54) is 0 Å². The van der Waals surface area contributed by atoms with E-state index in [1.807, 2.05) is 0 Å². The summed E-state index contributed by atoms with van der Waals surface area (Å²) in [4.78, 5) is 56.6. The van der Waals surface area contributed by atoms with Gasteiger partial charge in [-0.1, -0.05) is 12.8 Å². The standard InChI is InChI=1S/C25H21N5O13S2/c31-23(32)25(15-1-2-16-25)27(45(42,43)22-13-9-20(10-14-22)30(38)39)24(33)26(17-3-5-18(6-4-17)28(34)35)44(40,41)21-11-7-19(8-12-21)29(36)37/h3-14H,1-2,15-16H2,(H,31,32). The Bertz CT molecular complexity index is 1910. The van der Waals surface area contributed by atoms with Gasteiger partial charge in [-0.05, 0) is 49.2 Å². The fraction of sp³-hybridized carbons (Fsp3) is 0.200. The zero-order chi connectivity index (χ0) is 33.3. The summed E-state index contributed by atoms with van der Waals surface area (Å²) in [6.07, 6.45) is -0.602. The van der Waals surface area contributed by atoms with Gasteiger partial charge in [-0.15, -0.1) is 0 Å². The van der Waals surface area contributed by atoms with Crippen LogP contribution in [-0.2, 0) is 24.8 Å². The molecule has 0 saturated heterocycles. The van der Waals surface area contributed by atoms with Gasteiger partial charge in [0, 0.05) is 36.4 Å². The van der Waals surface area contributed by atoms with Gasteiger partial charge in [0.1, 0.15) is 0 Å². The van der Waals surface area contributed by atoms with Crippen molar-refractivity contribution >= 4 is 54.8 Å². The van der Waals surface area contributed by atoms with E-state index in [2.05, 4.69) is 0 Å². The van der Waals surface area contributed by atoms with Crippen LogP contribution in [0.4, 0.5) is 27.5 Å². The number of anilines is 1. The first-order valence-electron chi connectivity index (χ1n) is 12.7. The van der Waals surface area contributed by atoms with Crippen LogP contribution in [0.25, 0.3) is 0 Å². The number of rotatable bonds is 10. The lowest BCUT2D eigenvalue weighted by Crippen LogP contribution is -2.61. The Hall–Kier alpha value is -5.50. The monoisotopic (exact) mass is 663 g/mol. The second-order valence-corrected chi connectivity index (χ2v) is 13.2. The third-order valence-electron chi connectivity index (χ3n) is 7.03. The Balaban J connectivity index is 2.00. The van der Waals surface area contributed by atoms with Gasteiger partial charge in [0.15, 0.2) is 5.54 Å². The number of nitro groups is 3. The Labute approximate surface area is 253 Å². The molecular formula is C25H21N5O13S2. The highest BCUT2D eigenvalue weighted by molar-refractivity contribution is 7.94. The van der Waals surface area contributed by atoms with Crippen LogP contribution in [-0.4, -0.2) is 58.6 Å². The molecule has 236 valence electrons. The Morgan fingerprint density at radius 1 is 0.644 bits per heavy atom. The topological polar surface area (TPSA) is 259 Å². The molecule has 2 amide bonds. The lowest BCUT2D eigenvalue weighted by atomic mass is 9.98. The molecule has 3 aromatic rings. The van der Waals surface area contributed by atoms with Gasteiger partial charge in [-0.3, -0.25) is 30.3 Å². The van der Waals surface area contributed by atoms with Crippen molar-refractivity contribution in [3.8, 4) is 0 Å². The maximum absolute atomic E-state index is 14.4. The molecule has 0 aromatic heterocycles. The SMILES string of the molecule is O=C(N(c1ccc([N+](=O)[O-])cc1)S(=O)(=O)c1ccc([N+](=O)[O-])cc1)N(C1(C(=O)O)CCCC1)S(=O)(=O)c1ccc([N+](=O)[O-])cc1. The largest absolute Gasteiger partial charge is 0.479 e. The Morgan fingerprint density at radius 3 is 1.36 bits per heavy atom. The number of nitrogens with zero attached hydrogens (tertiary/aromatic N) is 5. The number of sulfonamides is 2. The predicted octanol–water partition coefficient (Wildman–Crippen LogP) is 3.81. The molecule has 45 heavy (non-hydrogen) atoms. The number of hydrogen-bond acceptors (Lipinski definition) is 12. The zero-order valence-electron chi connectivity index (χ0n) is 22.7. The van der Waals surface area contributed by atoms with E-state index in [0.717, 1.165) is 72.8 Å². The molecule has 0 heterocycles. The van der Waals surface area contributed by atoms with Crippen molar-refractivity contribution in [1.82, 2.24) is 4.31 Å². The van der Waals surface area contributed by atoms with Crippen molar-refractivity contribution in [2.24, 2.45) is 0 Å². The highest BCUT2D eigenvalue weighted by atomic mass is 32.2. The van der Waals surface area contributed by atoms with Gasteiger partial charge in [0.25, 0.3) is 37.1 Å². The van der Waals surface area contributed by atoms with Gasteiger partial charge in [0.2, 0.25) is 0 Å². The fourth-order valence-electron chi connectivity index (χ4n) is 4.81. The van der Waals surface area contributed by atoms with E-state index in [0.29, 0.717) is 0 Å². The summed E-state index contributed by atoms with van der Waals surface area (Å²) in [6, 6.07) is 7.56. The molecule has 20 heteroatoms. The van der Waals surface area contributed by atoms with E-state index in [9.17, 15) is 61.9 Å². The number of nitro benzene ring substituents is 3. The summed E-state index contributed by atoms with van der Waals surface area (Å²) in [5, 5.41) is 43.8. The Morgan fingerprint density at radius 2 is 1.00 bits per heavy atom. The number of aliphatic carboxylic acids is 1. The van der Waals surface area contributed by atoms with Gasteiger partial charge < -0.3 is 5.11 Å². The molecule has 0 bridgehead atoms. The van der Waals surface area contributed by atoms with Crippen molar-refractivity contribution in [3.63, 3.8) is 0 Å². The van der Waals surface area contributed by atoms with Crippen LogP contribution < -0.4 is 4.31 Å². The summed E-state index contributed by atoms with van der Waals surface area (Å²) in [6.45, 7) is 0. The maximum atomic E-state index is 14.4. The van der Waals surface area contributed by atoms with Crippen LogP contribution in [0, 0.1) is 30.3 Å².